The maximum atomic E-state index is 6.31. The lowest BCUT2D eigenvalue weighted by atomic mass is 9.99. The molecule has 0 aliphatic heterocycles. The predicted molar refractivity (Wildman–Crippen MR) is 74.7 cm³/mol. The third-order valence-electron chi connectivity index (χ3n) is 2.78. The standard InChI is InChI=1S/C16H19NO/c1-12(2)18-15-11-7-6-10-14(15)16(17)13-8-4-3-5-9-13/h3-12,16H,17H2,1-2H3. The third kappa shape index (κ3) is 2.90. The summed E-state index contributed by atoms with van der Waals surface area (Å²) in [5, 5.41) is 0. The minimum atomic E-state index is -0.152. The molecule has 0 saturated carbocycles. The van der Waals surface area contributed by atoms with E-state index in [0.29, 0.717) is 0 Å². The van der Waals surface area contributed by atoms with Crippen LogP contribution in [0, 0.1) is 0 Å². The van der Waals surface area contributed by atoms with Gasteiger partial charge in [0.25, 0.3) is 0 Å². The van der Waals surface area contributed by atoms with E-state index >= 15 is 0 Å². The van der Waals surface area contributed by atoms with Crippen molar-refractivity contribution in [2.24, 2.45) is 5.73 Å². The van der Waals surface area contributed by atoms with Crippen LogP contribution in [-0.2, 0) is 0 Å². The maximum absolute atomic E-state index is 6.31. The first kappa shape index (κ1) is 12.7. The molecule has 2 aromatic rings. The van der Waals surface area contributed by atoms with Crippen molar-refractivity contribution in [3.8, 4) is 5.75 Å². The molecule has 0 saturated heterocycles. The summed E-state index contributed by atoms with van der Waals surface area (Å²) in [5.74, 6) is 0.865. The summed E-state index contributed by atoms with van der Waals surface area (Å²) in [6.45, 7) is 4.04. The lowest BCUT2D eigenvalue weighted by Gasteiger charge is -2.19. The molecule has 2 aromatic carbocycles. The van der Waals surface area contributed by atoms with Crippen molar-refractivity contribution in [1.29, 1.82) is 0 Å². The van der Waals surface area contributed by atoms with E-state index in [4.69, 9.17) is 10.5 Å². The quantitative estimate of drug-likeness (QED) is 0.888. The van der Waals surface area contributed by atoms with Crippen LogP contribution in [0.5, 0.6) is 5.75 Å². The molecule has 0 fully saturated rings. The Hall–Kier alpha value is -1.80. The number of ether oxygens (including phenoxy) is 1. The van der Waals surface area contributed by atoms with Gasteiger partial charge in [-0.3, -0.25) is 0 Å². The molecule has 0 bridgehead atoms. The minimum absolute atomic E-state index is 0.147. The summed E-state index contributed by atoms with van der Waals surface area (Å²) in [5.41, 5.74) is 8.43. The highest BCUT2D eigenvalue weighted by molar-refractivity contribution is 5.41. The van der Waals surface area contributed by atoms with Gasteiger partial charge in [-0.1, -0.05) is 48.5 Å². The fourth-order valence-corrected chi connectivity index (χ4v) is 1.94. The topological polar surface area (TPSA) is 35.2 Å². The van der Waals surface area contributed by atoms with Gasteiger partial charge in [-0.15, -0.1) is 0 Å². The zero-order chi connectivity index (χ0) is 13.0. The highest BCUT2D eigenvalue weighted by Gasteiger charge is 2.14. The van der Waals surface area contributed by atoms with Crippen molar-refractivity contribution in [2.75, 3.05) is 0 Å². The summed E-state index contributed by atoms with van der Waals surface area (Å²) in [4.78, 5) is 0. The second kappa shape index (κ2) is 5.69. The highest BCUT2D eigenvalue weighted by atomic mass is 16.5. The van der Waals surface area contributed by atoms with Gasteiger partial charge in [-0.25, -0.2) is 0 Å². The van der Waals surface area contributed by atoms with Crippen molar-refractivity contribution in [2.45, 2.75) is 26.0 Å². The van der Waals surface area contributed by atoms with Crippen molar-refractivity contribution in [3.05, 3.63) is 65.7 Å². The molecule has 2 rings (SSSR count). The summed E-state index contributed by atoms with van der Waals surface area (Å²) in [7, 11) is 0. The lowest BCUT2D eigenvalue weighted by Crippen LogP contribution is -2.15. The van der Waals surface area contributed by atoms with E-state index in [9.17, 15) is 0 Å². The Morgan fingerprint density at radius 3 is 2.17 bits per heavy atom. The Morgan fingerprint density at radius 1 is 0.889 bits per heavy atom. The van der Waals surface area contributed by atoms with Crippen LogP contribution in [0.25, 0.3) is 0 Å². The molecule has 0 amide bonds. The Kier molecular flexibility index (Phi) is 4.00. The average molecular weight is 241 g/mol. The summed E-state index contributed by atoms with van der Waals surface area (Å²) < 4.78 is 5.81. The molecular formula is C16H19NO. The van der Waals surface area contributed by atoms with E-state index in [0.717, 1.165) is 16.9 Å². The van der Waals surface area contributed by atoms with Gasteiger partial charge in [0.2, 0.25) is 0 Å². The van der Waals surface area contributed by atoms with Crippen molar-refractivity contribution in [3.63, 3.8) is 0 Å². The third-order valence-corrected chi connectivity index (χ3v) is 2.78. The van der Waals surface area contributed by atoms with Crippen LogP contribution in [0.2, 0.25) is 0 Å². The summed E-state index contributed by atoms with van der Waals surface area (Å²) in [6, 6.07) is 17.9. The van der Waals surface area contributed by atoms with Gasteiger partial charge in [0.1, 0.15) is 5.75 Å². The number of nitrogens with two attached hydrogens (primary N) is 1. The van der Waals surface area contributed by atoms with Crippen LogP contribution >= 0.6 is 0 Å². The Bertz CT molecular complexity index is 493. The fourth-order valence-electron chi connectivity index (χ4n) is 1.94. The van der Waals surface area contributed by atoms with Crippen LogP contribution in [-0.4, -0.2) is 6.10 Å². The van der Waals surface area contributed by atoms with Gasteiger partial charge in [0.05, 0.1) is 12.1 Å². The van der Waals surface area contributed by atoms with Crippen molar-refractivity contribution in [1.82, 2.24) is 0 Å². The molecule has 1 unspecified atom stereocenters. The van der Waals surface area contributed by atoms with Gasteiger partial charge in [0.15, 0.2) is 0 Å². The number of rotatable bonds is 4. The van der Waals surface area contributed by atoms with E-state index in [1.54, 1.807) is 0 Å². The number of benzene rings is 2. The van der Waals surface area contributed by atoms with E-state index in [2.05, 4.69) is 0 Å². The number of para-hydroxylation sites is 1. The van der Waals surface area contributed by atoms with E-state index in [1.807, 2.05) is 68.4 Å². The molecule has 94 valence electrons. The van der Waals surface area contributed by atoms with Crippen LogP contribution in [0.3, 0.4) is 0 Å². The molecule has 2 N–H and O–H groups in total. The minimum Gasteiger partial charge on any atom is -0.491 e. The second-order valence-corrected chi connectivity index (χ2v) is 4.59. The van der Waals surface area contributed by atoms with Crippen molar-refractivity contribution < 1.29 is 4.74 Å². The van der Waals surface area contributed by atoms with Crippen LogP contribution in [0.4, 0.5) is 0 Å². The molecule has 0 heterocycles. The predicted octanol–water partition coefficient (Wildman–Crippen LogP) is 3.52. The summed E-state index contributed by atoms with van der Waals surface area (Å²) >= 11 is 0. The zero-order valence-electron chi connectivity index (χ0n) is 10.8. The maximum Gasteiger partial charge on any atom is 0.124 e. The molecular weight excluding hydrogens is 222 g/mol. The molecule has 0 spiro atoms. The molecule has 0 aliphatic carbocycles. The number of hydrogen-bond donors (Lipinski definition) is 1. The molecule has 0 radical (unpaired) electrons. The fraction of sp³-hybridized carbons (Fsp3) is 0.250. The van der Waals surface area contributed by atoms with Crippen LogP contribution in [0.1, 0.15) is 31.0 Å². The summed E-state index contributed by atoms with van der Waals surface area (Å²) in [6.07, 6.45) is 0.147. The van der Waals surface area contributed by atoms with Crippen molar-refractivity contribution >= 4 is 0 Å². The van der Waals surface area contributed by atoms with Crippen LogP contribution < -0.4 is 10.5 Å². The average Bonchev–Trinajstić information content (AvgIpc) is 2.39. The molecule has 2 heteroatoms. The normalized spacial score (nSPS) is 12.4. The first-order chi connectivity index (χ1) is 8.68. The Morgan fingerprint density at radius 2 is 1.50 bits per heavy atom. The first-order valence-electron chi connectivity index (χ1n) is 6.24. The van der Waals surface area contributed by atoms with E-state index < -0.39 is 0 Å². The zero-order valence-corrected chi connectivity index (χ0v) is 10.8. The van der Waals surface area contributed by atoms with E-state index in [1.165, 1.54) is 0 Å². The van der Waals surface area contributed by atoms with Gasteiger partial charge >= 0.3 is 0 Å². The molecule has 18 heavy (non-hydrogen) atoms. The molecule has 0 aromatic heterocycles. The van der Waals surface area contributed by atoms with Gasteiger partial charge in [-0.2, -0.15) is 0 Å². The second-order valence-electron chi connectivity index (χ2n) is 4.59. The molecule has 0 aliphatic rings. The van der Waals surface area contributed by atoms with E-state index in [-0.39, 0.29) is 12.1 Å². The monoisotopic (exact) mass is 241 g/mol. The first-order valence-corrected chi connectivity index (χ1v) is 6.24. The highest BCUT2D eigenvalue weighted by Crippen LogP contribution is 2.28. The largest absolute Gasteiger partial charge is 0.491 e. The molecule has 2 nitrogen and oxygen atoms in total. The Balaban J connectivity index is 2.33. The van der Waals surface area contributed by atoms with Crippen LogP contribution in [0.15, 0.2) is 54.6 Å². The smallest absolute Gasteiger partial charge is 0.124 e. The SMILES string of the molecule is CC(C)Oc1ccccc1C(N)c1ccccc1. The van der Waals surface area contributed by atoms with Gasteiger partial charge < -0.3 is 10.5 Å². The van der Waals surface area contributed by atoms with Gasteiger partial charge in [0, 0.05) is 5.56 Å². The Labute approximate surface area is 108 Å². The van der Waals surface area contributed by atoms with Gasteiger partial charge in [-0.05, 0) is 25.5 Å². The lowest BCUT2D eigenvalue weighted by molar-refractivity contribution is 0.239. The molecule has 1 atom stereocenters. The number of hydrogen-bond acceptors (Lipinski definition) is 2.